The summed E-state index contributed by atoms with van der Waals surface area (Å²) in [5, 5.41) is 1.57. The third-order valence-electron chi connectivity index (χ3n) is 3.21. The van der Waals surface area contributed by atoms with Crippen LogP contribution in [0.1, 0.15) is 43.0 Å². The van der Waals surface area contributed by atoms with Crippen LogP contribution in [0.3, 0.4) is 0 Å². The summed E-state index contributed by atoms with van der Waals surface area (Å²) in [4.78, 5) is 16.1. The Labute approximate surface area is 110 Å². The Balaban J connectivity index is 2.16. The van der Waals surface area contributed by atoms with Crippen molar-refractivity contribution in [1.29, 1.82) is 0 Å². The Kier molecular flexibility index (Phi) is 4.36. The van der Waals surface area contributed by atoms with Crippen LogP contribution in [0.25, 0.3) is 6.08 Å². The maximum Gasteiger partial charge on any atom is 0.356 e. The van der Waals surface area contributed by atoms with Gasteiger partial charge in [0, 0.05) is 16.1 Å². The number of ether oxygens (including phenoxy) is 1. The van der Waals surface area contributed by atoms with Crippen LogP contribution in [-0.4, -0.2) is 31.6 Å². The molecule has 1 aliphatic rings. The molecule has 0 saturated heterocycles. The summed E-state index contributed by atoms with van der Waals surface area (Å²) in [6.07, 6.45) is 6.15. The summed E-state index contributed by atoms with van der Waals surface area (Å²) in [5.41, 5.74) is 0.583. The number of rotatable bonds is 5. The first-order chi connectivity index (χ1) is 8.76. The molecular formula is C13H20N2O2Si. The van der Waals surface area contributed by atoms with Crippen molar-refractivity contribution in [3.05, 3.63) is 22.9 Å². The third-order valence-corrected chi connectivity index (χ3v) is 5.47. The highest BCUT2D eigenvalue weighted by Gasteiger charge is 2.19. The molecule has 0 unspecified atom stereocenters. The summed E-state index contributed by atoms with van der Waals surface area (Å²) >= 11 is 0. The number of hydrogen-bond donors (Lipinski definition) is 0. The van der Waals surface area contributed by atoms with Crippen molar-refractivity contribution >= 4 is 21.6 Å². The standard InChI is InChI=1S/C13H20N2O2Si/c1-3-7-18-10-5-6-15-11(13(16)17-4-2)9-14-12(15)8-10/h8-9H,3-7,18H2,1-2H3. The van der Waals surface area contributed by atoms with E-state index in [1.807, 2.05) is 11.5 Å². The van der Waals surface area contributed by atoms with Crippen molar-refractivity contribution in [2.75, 3.05) is 6.61 Å². The SMILES string of the molecule is CCC[SiH2]C1=Cc2ncc(C(=O)OCC)n2CC1. The molecular weight excluding hydrogens is 244 g/mol. The lowest BCUT2D eigenvalue weighted by atomic mass is 10.3. The first kappa shape index (κ1) is 13.1. The molecule has 0 N–H and O–H groups in total. The first-order valence-electron chi connectivity index (χ1n) is 6.68. The number of nitrogens with zero attached hydrogens (tertiary/aromatic N) is 2. The number of carbonyl (C=O) groups is 1. The Bertz CT molecular complexity index is 466. The van der Waals surface area contributed by atoms with E-state index >= 15 is 0 Å². The Hall–Kier alpha value is -1.36. The molecule has 4 nitrogen and oxygen atoms in total. The average molecular weight is 264 g/mol. The molecule has 0 fully saturated rings. The number of allylic oxidation sites excluding steroid dienone is 1. The van der Waals surface area contributed by atoms with Crippen LogP contribution >= 0.6 is 0 Å². The van der Waals surface area contributed by atoms with Crippen molar-refractivity contribution in [1.82, 2.24) is 9.55 Å². The molecule has 1 aromatic heterocycles. The largest absolute Gasteiger partial charge is 0.461 e. The van der Waals surface area contributed by atoms with Gasteiger partial charge in [-0.1, -0.05) is 24.6 Å². The number of esters is 1. The van der Waals surface area contributed by atoms with Crippen molar-refractivity contribution in [2.24, 2.45) is 0 Å². The van der Waals surface area contributed by atoms with Crippen molar-refractivity contribution in [3.63, 3.8) is 0 Å². The lowest BCUT2D eigenvalue weighted by Gasteiger charge is -2.16. The molecule has 2 rings (SSSR count). The Morgan fingerprint density at radius 3 is 3.11 bits per heavy atom. The molecule has 1 aliphatic heterocycles. The number of fused-ring (bicyclic) bond motifs is 1. The maximum atomic E-state index is 11.7. The summed E-state index contributed by atoms with van der Waals surface area (Å²) in [5.74, 6) is 0.654. The quantitative estimate of drug-likeness (QED) is 0.602. The van der Waals surface area contributed by atoms with E-state index in [4.69, 9.17) is 4.74 Å². The van der Waals surface area contributed by atoms with E-state index in [2.05, 4.69) is 18.0 Å². The number of aromatic nitrogens is 2. The van der Waals surface area contributed by atoms with Gasteiger partial charge in [-0.3, -0.25) is 0 Å². The lowest BCUT2D eigenvalue weighted by molar-refractivity contribution is 0.0513. The number of hydrogen-bond acceptors (Lipinski definition) is 3. The van der Waals surface area contributed by atoms with Crippen molar-refractivity contribution in [2.45, 2.75) is 39.3 Å². The summed E-state index contributed by atoms with van der Waals surface area (Å²) in [6.45, 7) is 5.33. The Morgan fingerprint density at radius 1 is 1.56 bits per heavy atom. The van der Waals surface area contributed by atoms with E-state index in [-0.39, 0.29) is 15.5 Å². The molecule has 5 heteroatoms. The van der Waals surface area contributed by atoms with Crippen LogP contribution in [0.5, 0.6) is 0 Å². The molecule has 0 bridgehead atoms. The summed E-state index contributed by atoms with van der Waals surface area (Å²) < 4.78 is 7.01. The van der Waals surface area contributed by atoms with Crippen LogP contribution in [0.15, 0.2) is 11.4 Å². The Morgan fingerprint density at radius 2 is 2.39 bits per heavy atom. The van der Waals surface area contributed by atoms with Gasteiger partial charge in [-0.05, 0) is 19.4 Å². The summed E-state index contributed by atoms with van der Waals surface area (Å²) in [7, 11) is -0.102. The lowest BCUT2D eigenvalue weighted by Crippen LogP contribution is -2.17. The van der Waals surface area contributed by atoms with Gasteiger partial charge in [0.1, 0.15) is 11.5 Å². The van der Waals surface area contributed by atoms with Gasteiger partial charge in [-0.2, -0.15) is 0 Å². The fraction of sp³-hybridized carbons (Fsp3) is 0.538. The second-order valence-corrected chi connectivity index (χ2v) is 6.65. The van der Waals surface area contributed by atoms with Crippen LogP contribution in [-0.2, 0) is 11.3 Å². The zero-order valence-electron chi connectivity index (χ0n) is 11.1. The zero-order chi connectivity index (χ0) is 13.0. The van der Waals surface area contributed by atoms with Crippen LogP contribution < -0.4 is 0 Å². The molecule has 1 aromatic rings. The molecule has 0 aliphatic carbocycles. The van der Waals surface area contributed by atoms with Crippen LogP contribution in [0.4, 0.5) is 0 Å². The minimum atomic E-state index is -0.265. The fourth-order valence-corrected chi connectivity index (χ4v) is 3.76. The van der Waals surface area contributed by atoms with Crippen molar-refractivity contribution in [3.8, 4) is 0 Å². The van der Waals surface area contributed by atoms with Gasteiger partial charge >= 0.3 is 5.97 Å². The molecule has 0 radical (unpaired) electrons. The highest BCUT2D eigenvalue weighted by molar-refractivity contribution is 6.46. The predicted octanol–water partition coefficient (Wildman–Crippen LogP) is 1.80. The van der Waals surface area contributed by atoms with E-state index in [9.17, 15) is 4.79 Å². The maximum absolute atomic E-state index is 11.7. The van der Waals surface area contributed by atoms with Gasteiger partial charge in [0.2, 0.25) is 0 Å². The normalized spacial score (nSPS) is 14.7. The summed E-state index contributed by atoms with van der Waals surface area (Å²) in [6, 6.07) is 1.36. The van der Waals surface area contributed by atoms with E-state index in [0.29, 0.717) is 12.3 Å². The minimum absolute atomic E-state index is 0.102. The van der Waals surface area contributed by atoms with Gasteiger partial charge in [0.25, 0.3) is 0 Å². The van der Waals surface area contributed by atoms with Gasteiger partial charge < -0.3 is 9.30 Å². The topological polar surface area (TPSA) is 44.1 Å². The van der Waals surface area contributed by atoms with Crippen LogP contribution in [0, 0.1) is 0 Å². The van der Waals surface area contributed by atoms with Gasteiger partial charge in [0.05, 0.1) is 12.8 Å². The molecule has 2 heterocycles. The predicted molar refractivity (Wildman–Crippen MR) is 74.4 cm³/mol. The smallest absolute Gasteiger partial charge is 0.356 e. The number of carbonyl (C=O) groups excluding carboxylic acids is 1. The van der Waals surface area contributed by atoms with Crippen LogP contribution in [0.2, 0.25) is 6.04 Å². The molecule has 0 amide bonds. The number of imidazole rings is 1. The first-order valence-corrected chi connectivity index (χ1v) is 8.39. The molecule has 18 heavy (non-hydrogen) atoms. The average Bonchev–Trinajstić information content (AvgIpc) is 2.79. The fourth-order valence-electron chi connectivity index (χ4n) is 2.22. The third kappa shape index (κ3) is 2.72. The molecule has 0 aromatic carbocycles. The zero-order valence-corrected chi connectivity index (χ0v) is 12.5. The van der Waals surface area contributed by atoms with Gasteiger partial charge in [-0.15, -0.1) is 0 Å². The van der Waals surface area contributed by atoms with Crippen molar-refractivity contribution < 1.29 is 9.53 Å². The highest BCUT2D eigenvalue weighted by atomic mass is 28.2. The second kappa shape index (κ2) is 6.00. The molecule has 0 spiro atoms. The second-order valence-electron chi connectivity index (χ2n) is 4.53. The monoisotopic (exact) mass is 264 g/mol. The van der Waals surface area contributed by atoms with Gasteiger partial charge in [-0.25, -0.2) is 9.78 Å². The van der Waals surface area contributed by atoms with E-state index in [1.54, 1.807) is 11.4 Å². The molecule has 0 atom stereocenters. The minimum Gasteiger partial charge on any atom is -0.461 e. The van der Waals surface area contributed by atoms with E-state index < -0.39 is 0 Å². The molecule has 0 saturated carbocycles. The highest BCUT2D eigenvalue weighted by Crippen LogP contribution is 2.20. The molecule has 98 valence electrons. The van der Waals surface area contributed by atoms with Gasteiger partial charge in [0.15, 0.2) is 0 Å². The van der Waals surface area contributed by atoms with E-state index in [0.717, 1.165) is 18.8 Å². The van der Waals surface area contributed by atoms with E-state index in [1.165, 1.54) is 12.5 Å².